The molecule has 0 amide bonds. The fourth-order valence-corrected chi connectivity index (χ4v) is 10.9. The van der Waals surface area contributed by atoms with E-state index in [0.717, 1.165) is 12.1 Å². The molecule has 11 heteroatoms. The van der Waals surface area contributed by atoms with Gasteiger partial charge in [-0.3, -0.25) is 4.21 Å². The van der Waals surface area contributed by atoms with E-state index in [0.29, 0.717) is 11.4 Å². The van der Waals surface area contributed by atoms with E-state index in [4.69, 9.17) is 16.3 Å². The van der Waals surface area contributed by atoms with Crippen LogP contribution in [-0.2, 0) is 24.3 Å². The van der Waals surface area contributed by atoms with Crippen LogP contribution in [-0.4, -0.2) is 59.5 Å². The molecule has 1 aliphatic carbocycles. The molecule has 2 aromatic rings. The van der Waals surface area contributed by atoms with E-state index < -0.39 is 41.8 Å². The first kappa shape index (κ1) is 25.0. The quantitative estimate of drug-likeness (QED) is 0.595. The zero-order valence-electron chi connectivity index (χ0n) is 18.8. The second kappa shape index (κ2) is 8.69. The Morgan fingerprint density at radius 2 is 1.86 bits per heavy atom. The highest BCUT2D eigenvalue weighted by molar-refractivity contribution is 7.98. The second-order valence-electron chi connectivity index (χ2n) is 9.40. The summed E-state index contributed by atoms with van der Waals surface area (Å²) in [6.07, 6.45) is 0.626. The van der Waals surface area contributed by atoms with Crippen molar-refractivity contribution in [3.63, 3.8) is 0 Å². The summed E-state index contributed by atoms with van der Waals surface area (Å²) >= 11 is 5.99. The van der Waals surface area contributed by atoms with Gasteiger partial charge in [-0.15, -0.1) is 0 Å². The van der Waals surface area contributed by atoms with Crippen molar-refractivity contribution in [3.8, 4) is 5.75 Å². The van der Waals surface area contributed by atoms with Crippen LogP contribution in [0, 0.1) is 23.5 Å². The average Bonchev–Trinajstić information content (AvgIpc) is 2.82. The van der Waals surface area contributed by atoms with Crippen LogP contribution in [0.25, 0.3) is 0 Å². The zero-order valence-corrected chi connectivity index (χ0v) is 21.2. The predicted molar refractivity (Wildman–Crippen MR) is 131 cm³/mol. The molecule has 5 rings (SSSR count). The van der Waals surface area contributed by atoms with E-state index in [9.17, 15) is 22.1 Å². The Kier molecular flexibility index (Phi) is 6.20. The standard InChI is InChI=1S/C24H26ClF2NO5S2/c1-34(30)13-9-17-18-14-33-23-20(27)7-6-19(26)22(23)24(18,10-8-21(17)28(34)11-12-29)35(31,32)16-4-2-15(25)3-5-16/h2-7,17-18,21,29H,1,8-14H2/t17-,18-,21+,24-,34?/m0/s1. The van der Waals surface area contributed by atoms with E-state index >= 15 is 4.39 Å². The van der Waals surface area contributed by atoms with Gasteiger partial charge in [0.05, 0.1) is 23.7 Å². The first-order valence-corrected chi connectivity index (χ1v) is 15.1. The number of β-amino-alcohol motifs (C(OH)–C–C–N with tert-alkyl or cyclic N) is 1. The molecule has 1 saturated heterocycles. The van der Waals surface area contributed by atoms with Crippen LogP contribution in [0.4, 0.5) is 8.78 Å². The summed E-state index contributed by atoms with van der Waals surface area (Å²) in [4.78, 5) is -0.0363. The Balaban J connectivity index is 1.74. The van der Waals surface area contributed by atoms with Crippen molar-refractivity contribution in [1.82, 2.24) is 4.31 Å². The Morgan fingerprint density at radius 1 is 1.17 bits per heavy atom. The van der Waals surface area contributed by atoms with Crippen molar-refractivity contribution in [2.75, 3.05) is 25.5 Å². The Bertz CT molecular complexity index is 1370. The fourth-order valence-electron chi connectivity index (χ4n) is 6.34. The molecule has 2 heterocycles. The van der Waals surface area contributed by atoms with Crippen LogP contribution in [0.1, 0.15) is 24.8 Å². The van der Waals surface area contributed by atoms with Gasteiger partial charge in [-0.05, 0) is 67.4 Å². The van der Waals surface area contributed by atoms with Crippen LogP contribution in [0.2, 0.25) is 5.02 Å². The number of hydrogen-bond donors (Lipinski definition) is 1. The zero-order chi connectivity index (χ0) is 25.2. The maximum absolute atomic E-state index is 15.5. The lowest BCUT2D eigenvalue weighted by Gasteiger charge is -2.56. The number of sulfone groups is 1. The molecule has 0 radical (unpaired) electrons. The van der Waals surface area contributed by atoms with Crippen LogP contribution in [0.5, 0.6) is 5.75 Å². The summed E-state index contributed by atoms with van der Waals surface area (Å²) in [5.41, 5.74) is -0.281. The molecule has 1 N–H and O–H groups in total. The van der Waals surface area contributed by atoms with Gasteiger partial charge in [0.1, 0.15) is 10.6 Å². The van der Waals surface area contributed by atoms with E-state index in [1.807, 2.05) is 0 Å². The second-order valence-corrected chi connectivity index (χ2v) is 14.5. The molecule has 3 aliphatic rings. The highest BCUT2D eigenvalue weighted by Crippen LogP contribution is 2.60. The molecule has 190 valence electrons. The molecule has 6 nitrogen and oxygen atoms in total. The lowest BCUT2D eigenvalue weighted by atomic mass is 9.64. The van der Waals surface area contributed by atoms with Gasteiger partial charge in [0.25, 0.3) is 0 Å². The Morgan fingerprint density at radius 3 is 2.54 bits per heavy atom. The van der Waals surface area contributed by atoms with Crippen molar-refractivity contribution in [2.45, 2.75) is 34.9 Å². The van der Waals surface area contributed by atoms with Gasteiger partial charge in [-0.2, -0.15) is 0 Å². The minimum Gasteiger partial charge on any atom is -0.490 e. The maximum Gasteiger partial charge on any atom is 0.188 e. The summed E-state index contributed by atoms with van der Waals surface area (Å²) in [6.45, 7) is -0.228. The van der Waals surface area contributed by atoms with E-state index in [2.05, 4.69) is 5.87 Å². The Hall–Kier alpha value is -1.72. The number of ether oxygens (including phenoxy) is 1. The monoisotopic (exact) mass is 545 g/mol. The van der Waals surface area contributed by atoms with Gasteiger partial charge >= 0.3 is 0 Å². The summed E-state index contributed by atoms with van der Waals surface area (Å²) in [7, 11) is -6.91. The minimum atomic E-state index is -4.26. The van der Waals surface area contributed by atoms with Gasteiger partial charge < -0.3 is 9.84 Å². The molecule has 2 aromatic carbocycles. The third-order valence-corrected chi connectivity index (χ3v) is 12.8. The highest BCUT2D eigenvalue weighted by atomic mass is 35.5. The van der Waals surface area contributed by atoms with Crippen molar-refractivity contribution in [1.29, 1.82) is 0 Å². The number of rotatable bonds is 4. The van der Waals surface area contributed by atoms with Gasteiger partial charge in [-0.25, -0.2) is 21.5 Å². The van der Waals surface area contributed by atoms with E-state index in [1.54, 1.807) is 4.31 Å². The largest absolute Gasteiger partial charge is 0.490 e. The summed E-state index contributed by atoms with van der Waals surface area (Å²) in [5.74, 6) is 0.975. The van der Waals surface area contributed by atoms with Crippen LogP contribution in [0.15, 0.2) is 41.3 Å². The molecule has 2 aliphatic heterocycles. The number of nitrogens with zero attached hydrogens (tertiary/aromatic N) is 1. The SMILES string of the molecule is C=S1(=O)CC[C@@H]2[C@@H](CC[C@@]3(S(=O)(=O)c4ccc(Cl)cc4)c4c(F)ccc(F)c4OC[C@@H]23)N1CCO. The van der Waals surface area contributed by atoms with Crippen molar-refractivity contribution in [3.05, 3.63) is 58.6 Å². The van der Waals surface area contributed by atoms with Gasteiger partial charge in [0.15, 0.2) is 21.4 Å². The average molecular weight is 546 g/mol. The number of halogens is 3. The summed E-state index contributed by atoms with van der Waals surface area (Å²) < 4.78 is 77.9. The van der Waals surface area contributed by atoms with Crippen molar-refractivity contribution in [2.24, 2.45) is 11.8 Å². The van der Waals surface area contributed by atoms with Gasteiger partial charge in [0.2, 0.25) is 0 Å². The number of benzene rings is 2. The number of hydrogen-bond acceptors (Lipinski definition) is 5. The van der Waals surface area contributed by atoms with Crippen molar-refractivity contribution >= 4 is 37.0 Å². The molecule has 1 unspecified atom stereocenters. The van der Waals surface area contributed by atoms with Crippen LogP contribution < -0.4 is 4.74 Å². The molecule has 5 atom stereocenters. The molecular formula is C24H26ClF2NO5S2. The van der Waals surface area contributed by atoms with E-state index in [-0.39, 0.29) is 66.5 Å². The number of aliphatic hydroxyl groups excluding tert-OH is 1. The third kappa shape index (κ3) is 3.63. The van der Waals surface area contributed by atoms with Gasteiger partial charge in [0, 0.05) is 39.0 Å². The molecule has 1 saturated carbocycles. The fraction of sp³-hybridized carbons (Fsp3) is 0.458. The highest BCUT2D eigenvalue weighted by Gasteiger charge is 2.64. The smallest absolute Gasteiger partial charge is 0.188 e. The summed E-state index contributed by atoms with van der Waals surface area (Å²) in [5, 5.41) is 9.95. The summed E-state index contributed by atoms with van der Waals surface area (Å²) in [6, 6.07) is 7.20. The first-order chi connectivity index (χ1) is 16.5. The minimum absolute atomic E-state index is 0.0298. The van der Waals surface area contributed by atoms with Gasteiger partial charge in [-0.1, -0.05) is 11.6 Å². The maximum atomic E-state index is 15.5. The van der Waals surface area contributed by atoms with Crippen LogP contribution >= 0.6 is 11.6 Å². The number of fused-ring (bicyclic) bond motifs is 5. The van der Waals surface area contributed by atoms with E-state index in [1.165, 1.54) is 24.3 Å². The first-order valence-electron chi connectivity index (χ1n) is 11.4. The lowest BCUT2D eigenvalue weighted by Crippen LogP contribution is -2.63. The van der Waals surface area contributed by atoms with Crippen LogP contribution in [0.3, 0.4) is 0 Å². The van der Waals surface area contributed by atoms with Crippen molar-refractivity contribution < 1.29 is 31.3 Å². The Labute approximate surface area is 208 Å². The normalized spacial score (nSPS) is 32.7. The molecule has 35 heavy (non-hydrogen) atoms. The number of aliphatic hydroxyl groups is 1. The molecule has 0 bridgehead atoms. The molecule has 2 fully saturated rings. The molecule has 0 spiro atoms. The predicted octanol–water partition coefficient (Wildman–Crippen LogP) is 3.40. The topological polar surface area (TPSA) is 83.9 Å². The molecule has 0 aromatic heterocycles. The third-order valence-electron chi connectivity index (χ3n) is 7.80. The molecular weight excluding hydrogens is 520 g/mol. The lowest BCUT2D eigenvalue weighted by molar-refractivity contribution is 0.0206.